The van der Waals surface area contributed by atoms with Gasteiger partial charge < -0.3 is 5.11 Å². The average molecular weight is 232 g/mol. The molecule has 1 aliphatic rings. The molecule has 0 amide bonds. The van der Waals surface area contributed by atoms with Crippen molar-refractivity contribution >= 4 is 5.97 Å². The fraction of sp³-hybridized carbons (Fsp3) is 0.533. The summed E-state index contributed by atoms with van der Waals surface area (Å²) in [4.78, 5) is 10.9. The van der Waals surface area contributed by atoms with E-state index < -0.39 is 5.97 Å². The first-order chi connectivity index (χ1) is 8.16. The third-order valence-corrected chi connectivity index (χ3v) is 3.77. The van der Waals surface area contributed by atoms with Gasteiger partial charge in [-0.25, -0.2) is 4.79 Å². The molecule has 0 atom stereocenters. The van der Waals surface area contributed by atoms with Crippen LogP contribution in [0.5, 0.6) is 0 Å². The van der Waals surface area contributed by atoms with Gasteiger partial charge in [-0.1, -0.05) is 44.2 Å². The highest BCUT2D eigenvalue weighted by Crippen LogP contribution is 2.27. The maximum absolute atomic E-state index is 10.9. The van der Waals surface area contributed by atoms with Gasteiger partial charge >= 0.3 is 5.97 Å². The summed E-state index contributed by atoms with van der Waals surface area (Å²) in [6, 6.07) is 5.76. The number of carboxylic acid groups (broad SMARTS) is 1. The first kappa shape index (κ1) is 12.2. The fourth-order valence-corrected chi connectivity index (χ4v) is 2.82. The molecule has 2 nitrogen and oxygen atoms in total. The lowest BCUT2D eigenvalue weighted by molar-refractivity contribution is 0.0696. The van der Waals surface area contributed by atoms with Crippen LogP contribution in [0.15, 0.2) is 18.2 Å². The predicted octanol–water partition coefficient (Wildman–Crippen LogP) is 3.82. The van der Waals surface area contributed by atoms with E-state index in [1.807, 2.05) is 19.1 Å². The highest BCUT2D eigenvalue weighted by molar-refractivity contribution is 5.89. The number of carbonyl (C=O) groups is 1. The topological polar surface area (TPSA) is 37.3 Å². The minimum atomic E-state index is -0.827. The van der Waals surface area contributed by atoms with E-state index >= 15 is 0 Å². The molecule has 0 saturated heterocycles. The number of aromatic carboxylic acids is 1. The van der Waals surface area contributed by atoms with E-state index in [2.05, 4.69) is 0 Å². The minimum absolute atomic E-state index is 0.428. The molecule has 1 aliphatic carbocycles. The van der Waals surface area contributed by atoms with Gasteiger partial charge in [0.1, 0.15) is 0 Å². The third kappa shape index (κ3) is 3.09. The Balaban J connectivity index is 2.06. The Morgan fingerprint density at radius 1 is 1.29 bits per heavy atom. The Labute approximate surface area is 103 Å². The number of aryl methyl sites for hydroxylation is 1. The van der Waals surface area contributed by atoms with Gasteiger partial charge in [0.25, 0.3) is 0 Å². The Kier molecular flexibility index (Phi) is 3.82. The Morgan fingerprint density at radius 3 is 2.59 bits per heavy atom. The molecule has 92 valence electrons. The standard InChI is InChI=1S/C15H20O2/c1-11-9-13(7-8-14(11)15(16)17)10-12-5-3-2-4-6-12/h7-9,12H,2-6,10H2,1H3,(H,16,17). The van der Waals surface area contributed by atoms with Crippen LogP contribution in [0.1, 0.15) is 53.6 Å². The lowest BCUT2D eigenvalue weighted by Crippen LogP contribution is -2.10. The second-order valence-electron chi connectivity index (χ2n) is 5.16. The molecule has 2 heteroatoms. The van der Waals surface area contributed by atoms with Gasteiger partial charge in [-0.2, -0.15) is 0 Å². The summed E-state index contributed by atoms with van der Waals surface area (Å²) in [5.74, 6) is -0.0226. The van der Waals surface area contributed by atoms with Gasteiger partial charge in [0.05, 0.1) is 5.56 Å². The molecule has 0 unspecified atom stereocenters. The molecule has 17 heavy (non-hydrogen) atoms. The highest BCUT2D eigenvalue weighted by Gasteiger charge is 2.15. The van der Waals surface area contributed by atoms with E-state index in [1.54, 1.807) is 6.07 Å². The molecule has 0 bridgehead atoms. The van der Waals surface area contributed by atoms with E-state index in [-0.39, 0.29) is 0 Å². The van der Waals surface area contributed by atoms with Gasteiger partial charge in [-0.05, 0) is 36.5 Å². The Morgan fingerprint density at radius 2 is 2.00 bits per heavy atom. The van der Waals surface area contributed by atoms with E-state index in [4.69, 9.17) is 5.11 Å². The largest absolute Gasteiger partial charge is 0.478 e. The van der Waals surface area contributed by atoms with Crippen LogP contribution >= 0.6 is 0 Å². The van der Waals surface area contributed by atoms with E-state index in [9.17, 15) is 4.79 Å². The normalized spacial score (nSPS) is 17.0. The van der Waals surface area contributed by atoms with Crippen LogP contribution in [-0.4, -0.2) is 11.1 Å². The van der Waals surface area contributed by atoms with E-state index in [0.717, 1.165) is 17.9 Å². The summed E-state index contributed by atoms with van der Waals surface area (Å²) in [6.45, 7) is 1.88. The zero-order chi connectivity index (χ0) is 12.3. The fourth-order valence-electron chi connectivity index (χ4n) is 2.82. The predicted molar refractivity (Wildman–Crippen MR) is 68.4 cm³/mol. The van der Waals surface area contributed by atoms with Crippen molar-refractivity contribution in [3.05, 3.63) is 34.9 Å². The van der Waals surface area contributed by atoms with Crippen molar-refractivity contribution in [1.82, 2.24) is 0 Å². The van der Waals surface area contributed by atoms with Gasteiger partial charge in [0, 0.05) is 0 Å². The maximum atomic E-state index is 10.9. The SMILES string of the molecule is Cc1cc(CC2CCCCC2)ccc1C(=O)O. The first-order valence-corrected chi connectivity index (χ1v) is 6.49. The molecule has 2 rings (SSSR count). The van der Waals surface area contributed by atoms with Crippen LogP contribution in [0.4, 0.5) is 0 Å². The number of carboxylic acids is 1. The quantitative estimate of drug-likeness (QED) is 0.860. The van der Waals surface area contributed by atoms with Crippen molar-refractivity contribution < 1.29 is 9.90 Å². The number of rotatable bonds is 3. The van der Waals surface area contributed by atoms with Crippen molar-refractivity contribution in [2.45, 2.75) is 45.4 Å². The number of hydrogen-bond donors (Lipinski definition) is 1. The van der Waals surface area contributed by atoms with Gasteiger partial charge in [-0.3, -0.25) is 0 Å². The molecule has 0 heterocycles. The molecule has 0 spiro atoms. The summed E-state index contributed by atoms with van der Waals surface area (Å²) >= 11 is 0. The Bertz CT molecular complexity index is 403. The highest BCUT2D eigenvalue weighted by atomic mass is 16.4. The maximum Gasteiger partial charge on any atom is 0.335 e. The van der Waals surface area contributed by atoms with Gasteiger partial charge in [0.15, 0.2) is 0 Å². The lowest BCUT2D eigenvalue weighted by atomic mass is 9.84. The van der Waals surface area contributed by atoms with E-state index in [1.165, 1.54) is 37.7 Å². The summed E-state index contributed by atoms with van der Waals surface area (Å²) in [5.41, 5.74) is 2.60. The molecule has 0 aromatic heterocycles. The van der Waals surface area contributed by atoms with Gasteiger partial charge in [0.2, 0.25) is 0 Å². The van der Waals surface area contributed by atoms with Crippen LogP contribution in [0.3, 0.4) is 0 Å². The number of hydrogen-bond acceptors (Lipinski definition) is 1. The van der Waals surface area contributed by atoms with Crippen LogP contribution < -0.4 is 0 Å². The molecule has 1 fully saturated rings. The average Bonchev–Trinajstić information content (AvgIpc) is 2.30. The van der Waals surface area contributed by atoms with Crippen molar-refractivity contribution in [1.29, 1.82) is 0 Å². The zero-order valence-electron chi connectivity index (χ0n) is 10.4. The minimum Gasteiger partial charge on any atom is -0.478 e. The first-order valence-electron chi connectivity index (χ1n) is 6.49. The monoisotopic (exact) mass is 232 g/mol. The van der Waals surface area contributed by atoms with Crippen molar-refractivity contribution in [3.63, 3.8) is 0 Å². The Hall–Kier alpha value is -1.31. The molecule has 0 aliphatic heterocycles. The van der Waals surface area contributed by atoms with Crippen LogP contribution in [0.2, 0.25) is 0 Å². The lowest BCUT2D eigenvalue weighted by Gasteiger charge is -2.21. The molecule has 1 N–H and O–H groups in total. The van der Waals surface area contributed by atoms with Crippen molar-refractivity contribution in [2.24, 2.45) is 5.92 Å². The van der Waals surface area contributed by atoms with Gasteiger partial charge in [-0.15, -0.1) is 0 Å². The summed E-state index contributed by atoms with van der Waals surface area (Å²) in [6.07, 6.45) is 7.88. The second kappa shape index (κ2) is 5.35. The smallest absolute Gasteiger partial charge is 0.335 e. The third-order valence-electron chi connectivity index (χ3n) is 3.77. The second-order valence-corrected chi connectivity index (χ2v) is 5.16. The van der Waals surface area contributed by atoms with Crippen LogP contribution in [0.25, 0.3) is 0 Å². The summed E-state index contributed by atoms with van der Waals surface area (Å²) in [5, 5.41) is 8.98. The molecule has 1 saturated carbocycles. The number of benzene rings is 1. The van der Waals surface area contributed by atoms with E-state index in [0.29, 0.717) is 5.56 Å². The van der Waals surface area contributed by atoms with Crippen LogP contribution in [-0.2, 0) is 6.42 Å². The molecule has 1 aromatic rings. The van der Waals surface area contributed by atoms with Crippen molar-refractivity contribution in [3.8, 4) is 0 Å². The zero-order valence-corrected chi connectivity index (χ0v) is 10.4. The molecule has 1 aromatic carbocycles. The molecular formula is C15H20O2. The molecular weight excluding hydrogens is 212 g/mol. The summed E-state index contributed by atoms with van der Waals surface area (Å²) in [7, 11) is 0. The van der Waals surface area contributed by atoms with Crippen molar-refractivity contribution in [2.75, 3.05) is 0 Å². The van der Waals surface area contributed by atoms with Crippen LogP contribution in [0, 0.1) is 12.8 Å². The molecule has 0 radical (unpaired) electrons. The summed E-state index contributed by atoms with van der Waals surface area (Å²) < 4.78 is 0.